The zero-order valence-electron chi connectivity index (χ0n) is 12.8. The second-order valence-corrected chi connectivity index (χ2v) is 6.96. The van der Waals surface area contributed by atoms with Crippen LogP contribution in [0.25, 0.3) is 0 Å². The number of thioether (sulfide) groups is 1. The van der Waals surface area contributed by atoms with E-state index in [0.717, 1.165) is 22.9 Å². The lowest BCUT2D eigenvalue weighted by Gasteiger charge is -2.18. The lowest BCUT2D eigenvalue weighted by molar-refractivity contribution is 0.553. The van der Waals surface area contributed by atoms with E-state index in [9.17, 15) is 0 Å². The van der Waals surface area contributed by atoms with Crippen LogP contribution in [0.4, 0.5) is 0 Å². The van der Waals surface area contributed by atoms with Crippen LogP contribution in [-0.4, -0.2) is 15.3 Å². The van der Waals surface area contributed by atoms with Gasteiger partial charge in [0.2, 0.25) is 0 Å². The van der Waals surface area contributed by atoms with Crippen molar-refractivity contribution >= 4 is 23.4 Å². The monoisotopic (exact) mass is 342 g/mol. The molecule has 0 saturated heterocycles. The largest absolute Gasteiger partial charge is 0.333 e. The van der Waals surface area contributed by atoms with Crippen molar-refractivity contribution in [1.29, 1.82) is 0 Å². The van der Waals surface area contributed by atoms with Crippen LogP contribution >= 0.6 is 23.4 Å². The molecule has 0 saturated carbocycles. The minimum Gasteiger partial charge on any atom is -0.333 e. The zero-order chi connectivity index (χ0) is 15.9. The van der Waals surface area contributed by atoms with Gasteiger partial charge in [-0.1, -0.05) is 54.1 Å². The van der Waals surface area contributed by atoms with E-state index < -0.39 is 0 Å². The number of halogens is 1. The maximum atomic E-state index is 5.98. The van der Waals surface area contributed by atoms with Gasteiger partial charge in [-0.2, -0.15) is 11.8 Å². The lowest BCUT2D eigenvalue weighted by Crippen LogP contribution is -2.13. The molecule has 0 amide bonds. The number of hydrogen-bond donors (Lipinski definition) is 0. The highest BCUT2D eigenvalue weighted by atomic mass is 35.5. The smallest absolute Gasteiger partial charge is 0.0948 e. The summed E-state index contributed by atoms with van der Waals surface area (Å²) in [5.41, 5.74) is 2.67. The summed E-state index contributed by atoms with van der Waals surface area (Å²) < 4.78 is 2.20. The van der Waals surface area contributed by atoms with E-state index in [1.54, 1.807) is 0 Å². The zero-order valence-corrected chi connectivity index (χ0v) is 14.4. The molecule has 0 radical (unpaired) electrons. The second-order valence-electron chi connectivity index (χ2n) is 5.50. The van der Waals surface area contributed by atoms with Crippen LogP contribution in [0, 0.1) is 0 Å². The molecule has 1 aromatic heterocycles. The second kappa shape index (κ2) is 8.23. The van der Waals surface area contributed by atoms with Crippen molar-refractivity contribution in [2.45, 2.75) is 18.2 Å². The minimum atomic E-state index is 0.396. The van der Waals surface area contributed by atoms with Gasteiger partial charge in [-0.25, -0.2) is 4.98 Å². The van der Waals surface area contributed by atoms with Gasteiger partial charge in [0.05, 0.1) is 6.33 Å². The fraction of sp³-hybridized carbons (Fsp3) is 0.211. The maximum Gasteiger partial charge on any atom is 0.0948 e. The van der Waals surface area contributed by atoms with Crippen molar-refractivity contribution < 1.29 is 0 Å². The molecule has 2 nitrogen and oxygen atoms in total. The summed E-state index contributed by atoms with van der Waals surface area (Å²) in [6.07, 6.45) is 6.78. The molecule has 3 rings (SSSR count). The molecule has 118 valence electrons. The van der Waals surface area contributed by atoms with Gasteiger partial charge in [-0.05, 0) is 29.7 Å². The first-order valence-electron chi connectivity index (χ1n) is 7.65. The highest BCUT2D eigenvalue weighted by molar-refractivity contribution is 7.98. The molecular formula is C19H19ClN2S. The number of benzene rings is 2. The third-order valence-corrected chi connectivity index (χ3v) is 5.16. The molecule has 1 atom stereocenters. The van der Waals surface area contributed by atoms with Crippen molar-refractivity contribution in [1.82, 2.24) is 9.55 Å². The molecule has 1 heterocycles. The fourth-order valence-electron chi connectivity index (χ4n) is 2.52. The van der Waals surface area contributed by atoms with Crippen LogP contribution in [-0.2, 0) is 12.2 Å². The van der Waals surface area contributed by atoms with Crippen molar-refractivity contribution in [2.24, 2.45) is 0 Å². The van der Waals surface area contributed by atoms with Crippen LogP contribution in [0.3, 0.4) is 0 Å². The Balaban J connectivity index is 1.63. The molecule has 0 aliphatic rings. The first-order chi connectivity index (χ1) is 11.3. The first-order valence-corrected chi connectivity index (χ1v) is 9.18. The van der Waals surface area contributed by atoms with Crippen LogP contribution in [0.1, 0.15) is 17.2 Å². The summed E-state index contributed by atoms with van der Waals surface area (Å²) in [4.78, 5) is 4.20. The summed E-state index contributed by atoms with van der Waals surface area (Å²) in [6, 6.07) is 19.1. The van der Waals surface area contributed by atoms with Gasteiger partial charge in [0.1, 0.15) is 0 Å². The van der Waals surface area contributed by atoms with Crippen LogP contribution in [0.15, 0.2) is 73.3 Å². The number of nitrogens with zero attached hydrogens (tertiary/aromatic N) is 2. The Kier molecular flexibility index (Phi) is 5.78. The molecule has 3 aromatic rings. The Bertz CT molecular complexity index is 696. The van der Waals surface area contributed by atoms with E-state index in [-0.39, 0.29) is 0 Å². The molecule has 23 heavy (non-hydrogen) atoms. The van der Waals surface area contributed by atoms with Crippen LogP contribution in [0.2, 0.25) is 5.02 Å². The fourth-order valence-corrected chi connectivity index (χ4v) is 3.75. The van der Waals surface area contributed by atoms with Gasteiger partial charge >= 0.3 is 0 Å². The SMILES string of the molecule is Clc1ccc(CC(CSCc2ccccc2)n2ccnc2)cc1. The van der Waals surface area contributed by atoms with Gasteiger partial charge in [0, 0.05) is 35.0 Å². The third-order valence-electron chi connectivity index (χ3n) is 3.75. The quantitative estimate of drug-likeness (QED) is 0.583. The van der Waals surface area contributed by atoms with Gasteiger partial charge < -0.3 is 4.57 Å². The molecule has 0 bridgehead atoms. The Morgan fingerprint density at radius 1 is 1.00 bits per heavy atom. The molecular weight excluding hydrogens is 324 g/mol. The highest BCUT2D eigenvalue weighted by Gasteiger charge is 2.12. The first kappa shape index (κ1) is 16.2. The standard InChI is InChI=1S/C19H19ClN2S/c20-18-8-6-16(7-9-18)12-19(22-11-10-21-15-22)14-23-13-17-4-2-1-3-5-17/h1-11,15,19H,12-14H2. The van der Waals surface area contributed by atoms with E-state index in [2.05, 4.69) is 52.0 Å². The number of rotatable bonds is 7. The van der Waals surface area contributed by atoms with E-state index in [0.29, 0.717) is 6.04 Å². The Morgan fingerprint density at radius 2 is 1.78 bits per heavy atom. The Labute approximate surface area is 146 Å². The topological polar surface area (TPSA) is 17.8 Å². The minimum absolute atomic E-state index is 0.396. The number of imidazole rings is 1. The molecule has 1 unspecified atom stereocenters. The summed E-state index contributed by atoms with van der Waals surface area (Å²) in [5, 5.41) is 0.784. The van der Waals surface area contributed by atoms with E-state index in [4.69, 9.17) is 11.6 Å². The Morgan fingerprint density at radius 3 is 2.48 bits per heavy atom. The summed E-state index contributed by atoms with van der Waals surface area (Å²) >= 11 is 7.94. The van der Waals surface area contributed by atoms with Crippen molar-refractivity contribution in [3.05, 3.63) is 89.5 Å². The molecule has 2 aromatic carbocycles. The van der Waals surface area contributed by atoms with Crippen molar-refractivity contribution in [3.63, 3.8) is 0 Å². The van der Waals surface area contributed by atoms with Gasteiger partial charge in [-0.3, -0.25) is 0 Å². The highest BCUT2D eigenvalue weighted by Crippen LogP contribution is 2.23. The summed E-state index contributed by atoms with van der Waals surface area (Å²) in [7, 11) is 0. The predicted octanol–water partition coefficient (Wildman–Crippen LogP) is 5.25. The molecule has 4 heteroatoms. The van der Waals surface area contributed by atoms with Crippen LogP contribution < -0.4 is 0 Å². The summed E-state index contributed by atoms with van der Waals surface area (Å²) in [5.74, 6) is 2.08. The number of hydrogen-bond acceptors (Lipinski definition) is 2. The predicted molar refractivity (Wildman–Crippen MR) is 99.0 cm³/mol. The normalized spacial score (nSPS) is 12.2. The average molecular weight is 343 g/mol. The van der Waals surface area contributed by atoms with E-state index in [1.165, 1.54) is 11.1 Å². The lowest BCUT2D eigenvalue weighted by atomic mass is 10.1. The molecule has 0 fully saturated rings. The third kappa shape index (κ3) is 4.88. The number of aromatic nitrogens is 2. The van der Waals surface area contributed by atoms with E-state index >= 15 is 0 Å². The molecule has 0 aliphatic heterocycles. The van der Waals surface area contributed by atoms with Crippen molar-refractivity contribution in [3.8, 4) is 0 Å². The molecule has 0 spiro atoms. The molecule has 0 N–H and O–H groups in total. The maximum absolute atomic E-state index is 5.98. The Hall–Kier alpha value is -1.71. The summed E-state index contributed by atoms with van der Waals surface area (Å²) in [6.45, 7) is 0. The average Bonchev–Trinajstić information content (AvgIpc) is 3.11. The van der Waals surface area contributed by atoms with Crippen LogP contribution in [0.5, 0.6) is 0 Å². The molecule has 0 aliphatic carbocycles. The van der Waals surface area contributed by atoms with Gasteiger partial charge in [0.15, 0.2) is 0 Å². The van der Waals surface area contributed by atoms with Gasteiger partial charge in [0.25, 0.3) is 0 Å². The van der Waals surface area contributed by atoms with Crippen molar-refractivity contribution in [2.75, 3.05) is 5.75 Å². The van der Waals surface area contributed by atoms with E-state index in [1.807, 2.05) is 42.6 Å². The van der Waals surface area contributed by atoms with Gasteiger partial charge in [-0.15, -0.1) is 0 Å².